The Kier molecular flexibility index (Phi) is 6.10. The minimum Gasteiger partial charge on any atom is -0.371 e. The molecule has 0 radical (unpaired) electrons. The minimum absolute atomic E-state index is 0.0189. The van der Waals surface area contributed by atoms with Gasteiger partial charge in [-0.1, -0.05) is 0 Å². The normalized spacial score (nSPS) is 25.6. The van der Waals surface area contributed by atoms with Gasteiger partial charge in [0.15, 0.2) is 17.0 Å². The van der Waals surface area contributed by atoms with Crippen LogP contribution in [0.15, 0.2) is 6.33 Å². The lowest BCUT2D eigenvalue weighted by Crippen LogP contribution is -2.27. The Bertz CT molecular complexity index is 1010. The second-order valence-corrected chi connectivity index (χ2v) is 9.73. The second-order valence-electron chi connectivity index (χ2n) is 6.96. The standard InChI is InChI=1S/C13H20ClN5O8P2/c1-13(19-6-16-9-10(15-2)17-12(14)18-11(9)19)3-7(5-26-28(20,21)22)8(4-13)27-29(23,24)25/h6-8H,3-5H2,1-2H3,(H,15,17,18)(H2,20,21,22)(H2,23,24,25)/t7-,8+,13-/m1/s1. The van der Waals surface area contributed by atoms with Crippen LogP contribution in [0.25, 0.3) is 11.2 Å². The molecule has 0 aliphatic heterocycles. The van der Waals surface area contributed by atoms with Crippen molar-refractivity contribution in [2.45, 2.75) is 31.4 Å². The highest BCUT2D eigenvalue weighted by Crippen LogP contribution is 2.50. The van der Waals surface area contributed by atoms with Crippen LogP contribution in [-0.2, 0) is 23.7 Å². The van der Waals surface area contributed by atoms with Crippen molar-refractivity contribution in [3.8, 4) is 0 Å². The Hall–Kier alpha value is -1.14. The molecule has 1 fully saturated rings. The number of nitrogens with zero attached hydrogens (tertiary/aromatic N) is 4. The van der Waals surface area contributed by atoms with Crippen molar-refractivity contribution in [1.29, 1.82) is 0 Å². The van der Waals surface area contributed by atoms with Crippen molar-refractivity contribution < 1.29 is 37.8 Å². The van der Waals surface area contributed by atoms with Crippen LogP contribution < -0.4 is 5.32 Å². The van der Waals surface area contributed by atoms with Gasteiger partial charge in [0.1, 0.15) is 0 Å². The van der Waals surface area contributed by atoms with Crippen molar-refractivity contribution >= 4 is 44.2 Å². The third-order valence-electron chi connectivity index (χ3n) is 4.79. The van der Waals surface area contributed by atoms with Crippen molar-refractivity contribution in [2.75, 3.05) is 19.0 Å². The summed E-state index contributed by atoms with van der Waals surface area (Å²) in [7, 11) is -7.97. The molecule has 2 aromatic rings. The monoisotopic (exact) mass is 471 g/mol. The van der Waals surface area contributed by atoms with Gasteiger partial charge in [-0.3, -0.25) is 9.05 Å². The van der Waals surface area contributed by atoms with E-state index in [4.69, 9.17) is 25.9 Å². The lowest BCUT2D eigenvalue weighted by molar-refractivity contribution is 0.0734. The molecule has 2 aromatic heterocycles. The van der Waals surface area contributed by atoms with Crippen molar-refractivity contribution in [2.24, 2.45) is 5.92 Å². The molecular formula is C13H20ClN5O8P2. The maximum atomic E-state index is 11.4. The minimum atomic E-state index is -4.85. The molecule has 2 heterocycles. The van der Waals surface area contributed by atoms with Gasteiger partial charge in [0.2, 0.25) is 5.28 Å². The van der Waals surface area contributed by atoms with Gasteiger partial charge in [-0.05, 0) is 31.4 Å². The molecule has 3 rings (SSSR count). The van der Waals surface area contributed by atoms with Gasteiger partial charge in [0.25, 0.3) is 0 Å². The van der Waals surface area contributed by atoms with E-state index in [1.165, 1.54) is 6.33 Å². The lowest BCUT2D eigenvalue weighted by atomic mass is 9.98. The van der Waals surface area contributed by atoms with Gasteiger partial charge in [-0.25, -0.2) is 14.1 Å². The highest BCUT2D eigenvalue weighted by atomic mass is 35.5. The molecule has 0 bridgehead atoms. The van der Waals surface area contributed by atoms with Crippen molar-refractivity contribution in [3.63, 3.8) is 0 Å². The Balaban J connectivity index is 1.98. The van der Waals surface area contributed by atoms with Crippen LogP contribution in [0.2, 0.25) is 5.28 Å². The van der Waals surface area contributed by atoms with Gasteiger partial charge < -0.3 is 29.5 Å². The predicted octanol–water partition coefficient (Wildman–Crippen LogP) is 1.23. The molecule has 0 spiro atoms. The van der Waals surface area contributed by atoms with E-state index in [1.54, 1.807) is 18.5 Å². The SMILES string of the molecule is CNc1nc(Cl)nc2c1ncn2[C@]1(C)C[C@H](COP(=O)(O)O)[C@@H](OP(=O)(O)O)C1. The summed E-state index contributed by atoms with van der Waals surface area (Å²) in [4.78, 5) is 49.0. The first-order valence-corrected chi connectivity index (χ1v) is 11.8. The first kappa shape index (κ1) is 22.5. The van der Waals surface area contributed by atoms with Gasteiger partial charge in [-0.2, -0.15) is 9.97 Å². The van der Waals surface area contributed by atoms with Gasteiger partial charge >= 0.3 is 15.6 Å². The average Bonchev–Trinajstić information content (AvgIpc) is 3.12. The predicted molar refractivity (Wildman–Crippen MR) is 101 cm³/mol. The largest absolute Gasteiger partial charge is 0.469 e. The molecule has 16 heteroatoms. The third-order valence-corrected chi connectivity index (χ3v) is 5.99. The zero-order chi connectivity index (χ0) is 21.6. The molecule has 1 saturated carbocycles. The summed E-state index contributed by atoms with van der Waals surface area (Å²) in [6.45, 7) is 1.34. The number of phosphoric ester groups is 2. The van der Waals surface area contributed by atoms with E-state index in [1.807, 2.05) is 0 Å². The van der Waals surface area contributed by atoms with Crippen LogP contribution in [0, 0.1) is 5.92 Å². The van der Waals surface area contributed by atoms with E-state index < -0.39 is 39.8 Å². The molecule has 0 unspecified atom stereocenters. The van der Waals surface area contributed by atoms with E-state index >= 15 is 0 Å². The molecule has 5 N–H and O–H groups in total. The van der Waals surface area contributed by atoms with Gasteiger partial charge in [0, 0.05) is 18.5 Å². The van der Waals surface area contributed by atoms with Crippen LogP contribution in [0.1, 0.15) is 19.8 Å². The van der Waals surface area contributed by atoms with Crippen LogP contribution >= 0.6 is 27.2 Å². The number of imidazole rings is 1. The summed E-state index contributed by atoms with van der Waals surface area (Å²) in [5.41, 5.74) is 0.0315. The summed E-state index contributed by atoms with van der Waals surface area (Å²) in [6.07, 6.45) is 0.803. The number of phosphoric acid groups is 2. The lowest BCUT2D eigenvalue weighted by Gasteiger charge is -2.26. The number of halogens is 1. The fourth-order valence-corrected chi connectivity index (χ4v) is 4.83. The van der Waals surface area contributed by atoms with E-state index in [0.29, 0.717) is 17.0 Å². The Morgan fingerprint density at radius 3 is 2.55 bits per heavy atom. The summed E-state index contributed by atoms with van der Waals surface area (Å²) >= 11 is 5.99. The summed E-state index contributed by atoms with van der Waals surface area (Å²) in [5.74, 6) is -0.302. The third kappa shape index (κ3) is 5.13. The average molecular weight is 472 g/mol. The highest BCUT2D eigenvalue weighted by molar-refractivity contribution is 7.46. The maximum absolute atomic E-state index is 11.4. The summed E-state index contributed by atoms with van der Waals surface area (Å²) in [5, 5.41) is 2.85. The number of anilines is 1. The van der Waals surface area contributed by atoms with E-state index in [2.05, 4.69) is 24.8 Å². The molecular weight excluding hydrogens is 452 g/mol. The molecule has 162 valence electrons. The fourth-order valence-electron chi connectivity index (χ4n) is 3.68. The number of rotatable bonds is 7. The van der Waals surface area contributed by atoms with Crippen LogP contribution in [0.3, 0.4) is 0 Å². The molecule has 13 nitrogen and oxygen atoms in total. The number of hydrogen-bond acceptors (Lipinski definition) is 8. The second kappa shape index (κ2) is 7.84. The van der Waals surface area contributed by atoms with Gasteiger partial charge in [0.05, 0.1) is 19.0 Å². The van der Waals surface area contributed by atoms with Crippen molar-refractivity contribution in [1.82, 2.24) is 19.5 Å². The van der Waals surface area contributed by atoms with Gasteiger partial charge in [-0.15, -0.1) is 0 Å². The van der Waals surface area contributed by atoms with Crippen molar-refractivity contribution in [3.05, 3.63) is 11.6 Å². The smallest absolute Gasteiger partial charge is 0.371 e. The molecule has 29 heavy (non-hydrogen) atoms. The molecule has 3 atom stereocenters. The van der Waals surface area contributed by atoms with Crippen LogP contribution in [0.5, 0.6) is 0 Å². The zero-order valence-electron chi connectivity index (χ0n) is 15.3. The van der Waals surface area contributed by atoms with E-state index in [9.17, 15) is 18.9 Å². The number of hydrogen-bond donors (Lipinski definition) is 5. The Morgan fingerprint density at radius 1 is 1.28 bits per heavy atom. The quantitative estimate of drug-likeness (QED) is 0.287. The topological polar surface area (TPSA) is 189 Å². The highest BCUT2D eigenvalue weighted by Gasteiger charge is 2.47. The van der Waals surface area contributed by atoms with E-state index in [0.717, 1.165) is 0 Å². The number of aromatic nitrogens is 4. The first-order valence-electron chi connectivity index (χ1n) is 8.34. The fraction of sp³-hybridized carbons (Fsp3) is 0.615. The Labute approximate surface area is 169 Å². The molecule has 1 aliphatic carbocycles. The molecule has 0 aromatic carbocycles. The summed E-state index contributed by atoms with van der Waals surface area (Å²) < 4.78 is 33.6. The molecule has 0 amide bonds. The first-order chi connectivity index (χ1) is 13.3. The molecule has 0 saturated heterocycles. The van der Waals surface area contributed by atoms with Crippen LogP contribution in [-0.4, -0.2) is 58.9 Å². The number of nitrogens with one attached hydrogen (secondary N) is 1. The molecule has 1 aliphatic rings. The van der Waals surface area contributed by atoms with E-state index in [-0.39, 0.29) is 18.1 Å². The number of fused-ring (bicyclic) bond motifs is 1. The maximum Gasteiger partial charge on any atom is 0.469 e. The van der Waals surface area contributed by atoms with Crippen LogP contribution in [0.4, 0.5) is 5.82 Å². The zero-order valence-corrected chi connectivity index (χ0v) is 17.9. The Morgan fingerprint density at radius 2 is 1.97 bits per heavy atom. The summed E-state index contributed by atoms with van der Waals surface area (Å²) in [6, 6.07) is 0.